The molecule has 9 nitrogen and oxygen atoms in total. The Morgan fingerprint density at radius 1 is 0.507 bits per heavy atom. The number of esters is 1. The molecular weight excluding hydrogens is 880 g/mol. The molecule has 0 spiro atoms. The smallest absolute Gasteiger partial charge is 0.306 e. The number of nitrogens with zero attached hydrogens (tertiary/aromatic N) is 1. The largest absolute Gasteiger partial charge is 0.756 e. The zero-order valence-electron chi connectivity index (χ0n) is 45.2. The normalized spacial score (nSPS) is 14.5. The number of hydrogen-bond acceptors (Lipinski definition) is 7. The number of carbonyl (C=O) groups is 2. The summed E-state index contributed by atoms with van der Waals surface area (Å²) in [5.41, 5.74) is 0. The molecule has 398 valence electrons. The third-order valence-electron chi connectivity index (χ3n) is 11.8. The van der Waals surface area contributed by atoms with Crippen molar-refractivity contribution in [3.63, 3.8) is 0 Å². The van der Waals surface area contributed by atoms with E-state index in [2.05, 4.69) is 92.9 Å². The van der Waals surface area contributed by atoms with E-state index in [-0.39, 0.29) is 25.4 Å². The van der Waals surface area contributed by atoms with Crippen LogP contribution in [-0.2, 0) is 27.9 Å². The van der Waals surface area contributed by atoms with Crippen LogP contribution < -0.4 is 10.2 Å². The van der Waals surface area contributed by atoms with Crippen LogP contribution >= 0.6 is 7.82 Å². The number of likely N-dealkylation sites (N-methyl/N-ethyl adjacent to an activating group) is 1. The molecule has 69 heavy (non-hydrogen) atoms. The second-order valence-electron chi connectivity index (χ2n) is 19.7. The standard InChI is InChI=1S/C59H105N2O7P/c1-7-10-13-16-19-22-25-27-28-29-30-31-32-34-36-39-42-45-48-51-58(62)60-56(55-67-69(64,65)66-54-53-61(4,5)6)57(50-47-44-41-38-35-24-21-18-15-12-9-3)68-59(63)52-49-46-43-40-37-33-26-23-20-17-14-11-8-2/h19,22,27-28,30-31,33-34,36-37,43,46-47,50,56-57H,7-18,20-21,23-26,29,32,35,38-42,44-45,48-49,51-55H2,1-6H3,(H-,60,62,64,65)/b22-19-,28-27-,31-30-,36-34-,37-33-,46-43+,50-47-. The van der Waals surface area contributed by atoms with Crippen LogP contribution in [0.2, 0.25) is 0 Å². The van der Waals surface area contributed by atoms with Gasteiger partial charge in [0.25, 0.3) is 7.82 Å². The highest BCUT2D eigenvalue weighted by Gasteiger charge is 2.27. The molecule has 0 rings (SSSR count). The first-order valence-corrected chi connectivity index (χ1v) is 29.4. The Kier molecular flexibility index (Phi) is 46.8. The van der Waals surface area contributed by atoms with Gasteiger partial charge in [-0.1, -0.05) is 202 Å². The second-order valence-corrected chi connectivity index (χ2v) is 21.1. The van der Waals surface area contributed by atoms with Gasteiger partial charge in [-0.05, 0) is 96.0 Å². The van der Waals surface area contributed by atoms with Crippen molar-refractivity contribution in [2.75, 3.05) is 40.9 Å². The van der Waals surface area contributed by atoms with Crippen LogP contribution in [0.15, 0.2) is 85.1 Å². The molecule has 0 aromatic carbocycles. The minimum absolute atomic E-state index is 0.0398. The number of quaternary nitrogens is 1. The van der Waals surface area contributed by atoms with Gasteiger partial charge < -0.3 is 28.5 Å². The molecule has 0 saturated heterocycles. The highest BCUT2D eigenvalue weighted by Crippen LogP contribution is 2.38. The SMILES string of the molecule is CCCCC/C=C\C/C=C\C/C=C\C/C=C\CCCCCC(=O)NC(COP(=O)([O-])OCC[N+](C)(C)C)C(/C=C\CCCCCCCCCCC)OC(=O)CC/C=C/C/C=C\CCCCCCCC. The van der Waals surface area contributed by atoms with Crippen LogP contribution in [0, 0.1) is 0 Å². The van der Waals surface area contributed by atoms with Crippen LogP contribution in [0.3, 0.4) is 0 Å². The molecule has 0 fully saturated rings. The minimum atomic E-state index is -4.71. The highest BCUT2D eigenvalue weighted by molar-refractivity contribution is 7.45. The lowest BCUT2D eigenvalue weighted by molar-refractivity contribution is -0.870. The molecule has 10 heteroatoms. The molecule has 0 radical (unpaired) electrons. The van der Waals surface area contributed by atoms with Crippen LogP contribution in [0.4, 0.5) is 0 Å². The molecule has 0 aromatic heterocycles. The van der Waals surface area contributed by atoms with Crippen molar-refractivity contribution in [1.29, 1.82) is 0 Å². The summed E-state index contributed by atoms with van der Waals surface area (Å²) < 4.78 is 30.1. The summed E-state index contributed by atoms with van der Waals surface area (Å²) in [5.74, 6) is -0.662. The van der Waals surface area contributed by atoms with E-state index in [0.29, 0.717) is 23.9 Å². The molecule has 0 aliphatic carbocycles. The molecule has 0 bridgehead atoms. The Labute approximate surface area is 425 Å². The Hall–Kier alpha value is -2.81. The molecule has 0 aliphatic heterocycles. The number of allylic oxidation sites excluding steroid dienone is 13. The fourth-order valence-electron chi connectivity index (χ4n) is 7.44. The van der Waals surface area contributed by atoms with Crippen LogP contribution in [0.1, 0.15) is 226 Å². The van der Waals surface area contributed by atoms with E-state index >= 15 is 0 Å². The van der Waals surface area contributed by atoms with Crippen LogP contribution in [0.25, 0.3) is 0 Å². The molecule has 0 heterocycles. The number of phosphoric acid groups is 1. The van der Waals surface area contributed by atoms with Crippen molar-refractivity contribution >= 4 is 19.7 Å². The fraction of sp³-hybridized carbons (Fsp3) is 0.729. The molecular formula is C59H105N2O7P. The summed E-state index contributed by atoms with van der Waals surface area (Å²) in [6.45, 7) is 6.71. The van der Waals surface area contributed by atoms with Crippen molar-refractivity contribution in [2.45, 2.75) is 238 Å². The lowest BCUT2D eigenvalue weighted by Gasteiger charge is -2.30. The summed E-state index contributed by atoms with van der Waals surface area (Å²) in [5, 5.41) is 2.98. The van der Waals surface area contributed by atoms with Gasteiger partial charge in [-0.2, -0.15) is 0 Å². The summed E-state index contributed by atoms with van der Waals surface area (Å²) in [4.78, 5) is 39.7. The third kappa shape index (κ3) is 49.9. The van der Waals surface area contributed by atoms with Crippen molar-refractivity contribution in [3.8, 4) is 0 Å². The van der Waals surface area contributed by atoms with Gasteiger partial charge >= 0.3 is 5.97 Å². The van der Waals surface area contributed by atoms with E-state index in [1.807, 2.05) is 33.3 Å². The molecule has 0 aromatic rings. The topological polar surface area (TPSA) is 114 Å². The average molecular weight is 985 g/mol. The van der Waals surface area contributed by atoms with Crippen molar-refractivity contribution in [1.82, 2.24) is 5.32 Å². The number of hydrogen-bond donors (Lipinski definition) is 1. The minimum Gasteiger partial charge on any atom is -0.756 e. The van der Waals surface area contributed by atoms with Gasteiger partial charge in [0.2, 0.25) is 5.91 Å². The quantitative estimate of drug-likeness (QED) is 0.0212. The Morgan fingerprint density at radius 3 is 1.38 bits per heavy atom. The van der Waals surface area contributed by atoms with E-state index in [4.69, 9.17) is 13.8 Å². The lowest BCUT2D eigenvalue weighted by atomic mass is 10.1. The monoisotopic (exact) mass is 985 g/mol. The molecule has 3 atom stereocenters. The molecule has 1 N–H and O–H groups in total. The van der Waals surface area contributed by atoms with Crippen LogP contribution in [-0.4, -0.2) is 69.4 Å². The highest BCUT2D eigenvalue weighted by atomic mass is 31.2. The third-order valence-corrected chi connectivity index (χ3v) is 12.8. The Bertz CT molecular complexity index is 1460. The predicted octanol–water partition coefficient (Wildman–Crippen LogP) is 16.0. The number of rotatable bonds is 49. The first kappa shape index (κ1) is 66.2. The lowest BCUT2D eigenvalue weighted by Crippen LogP contribution is -2.47. The maximum absolute atomic E-state index is 13.4. The van der Waals surface area contributed by atoms with E-state index in [1.54, 1.807) is 6.08 Å². The van der Waals surface area contributed by atoms with Gasteiger partial charge in [0, 0.05) is 12.8 Å². The van der Waals surface area contributed by atoms with Crippen molar-refractivity contribution in [3.05, 3.63) is 85.1 Å². The maximum Gasteiger partial charge on any atom is 0.306 e. The predicted molar refractivity (Wildman–Crippen MR) is 293 cm³/mol. The number of unbranched alkanes of at least 4 members (excludes halogenated alkanes) is 21. The summed E-state index contributed by atoms with van der Waals surface area (Å²) >= 11 is 0. The number of carbonyl (C=O) groups excluding carboxylic acids is 2. The van der Waals surface area contributed by atoms with E-state index in [0.717, 1.165) is 70.6 Å². The van der Waals surface area contributed by atoms with Gasteiger partial charge in [0.15, 0.2) is 0 Å². The number of ether oxygens (including phenoxy) is 1. The number of amides is 1. The molecule has 1 amide bonds. The first-order valence-electron chi connectivity index (χ1n) is 27.9. The number of phosphoric ester groups is 1. The summed E-state index contributed by atoms with van der Waals surface area (Å²) in [6, 6.07) is -0.930. The van der Waals surface area contributed by atoms with Crippen molar-refractivity contribution in [2.24, 2.45) is 0 Å². The van der Waals surface area contributed by atoms with E-state index in [9.17, 15) is 19.0 Å². The summed E-state index contributed by atoms with van der Waals surface area (Å²) in [7, 11) is 1.13. The van der Waals surface area contributed by atoms with Crippen LogP contribution in [0.5, 0.6) is 0 Å². The Balaban J connectivity index is 5.46. The zero-order chi connectivity index (χ0) is 50.8. The molecule has 0 saturated carbocycles. The van der Waals surface area contributed by atoms with Gasteiger partial charge in [0.05, 0.1) is 33.8 Å². The summed E-state index contributed by atoms with van der Waals surface area (Å²) in [6.07, 6.45) is 62.8. The zero-order valence-corrected chi connectivity index (χ0v) is 46.1. The molecule has 0 aliphatic rings. The van der Waals surface area contributed by atoms with Gasteiger partial charge in [-0.3, -0.25) is 14.2 Å². The second kappa shape index (κ2) is 48.8. The van der Waals surface area contributed by atoms with Crippen molar-refractivity contribution < 1.29 is 37.3 Å². The van der Waals surface area contributed by atoms with Gasteiger partial charge in [0.1, 0.15) is 19.3 Å². The average Bonchev–Trinajstić information content (AvgIpc) is 3.31. The number of nitrogens with one attached hydrogen (secondary N) is 1. The van der Waals surface area contributed by atoms with Gasteiger partial charge in [-0.15, -0.1) is 0 Å². The first-order chi connectivity index (χ1) is 33.4. The maximum atomic E-state index is 13.4. The Morgan fingerprint density at radius 2 is 0.899 bits per heavy atom. The van der Waals surface area contributed by atoms with E-state index in [1.165, 1.54) is 109 Å². The van der Waals surface area contributed by atoms with Gasteiger partial charge in [-0.25, -0.2) is 0 Å². The molecule has 3 unspecified atom stereocenters. The fourth-order valence-corrected chi connectivity index (χ4v) is 8.16. The van der Waals surface area contributed by atoms with E-state index < -0.39 is 32.5 Å².